The van der Waals surface area contributed by atoms with E-state index in [4.69, 9.17) is 4.74 Å². The molecule has 0 saturated heterocycles. The Bertz CT molecular complexity index is 346. The fraction of sp³-hybridized carbons (Fsp3) is 0.500. The molecule has 2 rings (SSSR count). The number of nitrogens with zero attached hydrogens (tertiary/aromatic N) is 1. The molecule has 0 N–H and O–H groups in total. The molecule has 0 bridgehead atoms. The standard InChI is InChI=1S/C12H17NO/c1-9-6-11(14-3)7-10-4-5-13(2)8-12(9)10/h6-7H,4-5,8H2,1-3H3. The zero-order valence-corrected chi connectivity index (χ0v) is 9.13. The van der Waals surface area contributed by atoms with Gasteiger partial charge in [0.05, 0.1) is 7.11 Å². The summed E-state index contributed by atoms with van der Waals surface area (Å²) in [6, 6.07) is 4.30. The molecular formula is C12H17NO. The lowest BCUT2D eigenvalue weighted by molar-refractivity contribution is 0.311. The van der Waals surface area contributed by atoms with Crippen LogP contribution in [0.15, 0.2) is 12.1 Å². The smallest absolute Gasteiger partial charge is 0.119 e. The Morgan fingerprint density at radius 3 is 2.86 bits per heavy atom. The van der Waals surface area contributed by atoms with Gasteiger partial charge in [0.1, 0.15) is 5.75 Å². The summed E-state index contributed by atoms with van der Waals surface area (Å²) in [4.78, 5) is 2.36. The van der Waals surface area contributed by atoms with Crippen molar-refractivity contribution in [3.63, 3.8) is 0 Å². The van der Waals surface area contributed by atoms with E-state index in [-0.39, 0.29) is 0 Å². The van der Waals surface area contributed by atoms with Gasteiger partial charge in [-0.25, -0.2) is 0 Å². The first-order valence-electron chi connectivity index (χ1n) is 5.05. The minimum Gasteiger partial charge on any atom is -0.497 e. The van der Waals surface area contributed by atoms with Crippen LogP contribution in [0, 0.1) is 6.92 Å². The van der Waals surface area contributed by atoms with Crippen molar-refractivity contribution >= 4 is 0 Å². The topological polar surface area (TPSA) is 12.5 Å². The van der Waals surface area contributed by atoms with Gasteiger partial charge in [0.15, 0.2) is 0 Å². The van der Waals surface area contributed by atoms with Crippen LogP contribution in [-0.4, -0.2) is 25.6 Å². The lowest BCUT2D eigenvalue weighted by Crippen LogP contribution is -2.27. The molecule has 1 aromatic carbocycles. The Morgan fingerprint density at radius 1 is 1.36 bits per heavy atom. The van der Waals surface area contributed by atoms with Gasteiger partial charge in [-0.15, -0.1) is 0 Å². The van der Waals surface area contributed by atoms with Gasteiger partial charge in [0, 0.05) is 13.1 Å². The molecule has 1 aliphatic heterocycles. The lowest BCUT2D eigenvalue weighted by Gasteiger charge is -2.26. The first-order chi connectivity index (χ1) is 6.70. The van der Waals surface area contributed by atoms with E-state index >= 15 is 0 Å². The predicted molar refractivity (Wildman–Crippen MR) is 57.8 cm³/mol. The van der Waals surface area contributed by atoms with Crippen molar-refractivity contribution in [3.05, 3.63) is 28.8 Å². The summed E-state index contributed by atoms with van der Waals surface area (Å²) in [5.74, 6) is 0.991. The summed E-state index contributed by atoms with van der Waals surface area (Å²) in [6.45, 7) is 4.39. The number of fused-ring (bicyclic) bond motifs is 1. The third kappa shape index (κ3) is 1.62. The fourth-order valence-corrected chi connectivity index (χ4v) is 2.08. The molecule has 1 aromatic rings. The maximum Gasteiger partial charge on any atom is 0.119 e. The second kappa shape index (κ2) is 3.62. The molecule has 0 atom stereocenters. The highest BCUT2D eigenvalue weighted by molar-refractivity contribution is 5.42. The van der Waals surface area contributed by atoms with E-state index in [0.717, 1.165) is 25.3 Å². The van der Waals surface area contributed by atoms with E-state index in [0.29, 0.717) is 0 Å². The average molecular weight is 191 g/mol. The molecule has 1 aliphatic rings. The van der Waals surface area contributed by atoms with Gasteiger partial charge in [-0.1, -0.05) is 0 Å². The van der Waals surface area contributed by atoms with Crippen LogP contribution in [0.5, 0.6) is 5.75 Å². The first kappa shape index (κ1) is 9.53. The maximum atomic E-state index is 5.27. The first-order valence-corrected chi connectivity index (χ1v) is 5.05. The van der Waals surface area contributed by atoms with Gasteiger partial charge in [-0.3, -0.25) is 0 Å². The molecule has 0 aliphatic carbocycles. The predicted octanol–water partition coefficient (Wildman–Crippen LogP) is 1.99. The zero-order chi connectivity index (χ0) is 10.1. The van der Waals surface area contributed by atoms with Gasteiger partial charge in [-0.05, 0) is 49.2 Å². The fourth-order valence-electron chi connectivity index (χ4n) is 2.08. The highest BCUT2D eigenvalue weighted by Gasteiger charge is 2.15. The average Bonchev–Trinajstić information content (AvgIpc) is 2.19. The minimum atomic E-state index is 0.991. The Balaban J connectivity index is 2.43. The minimum absolute atomic E-state index is 0.991. The second-order valence-electron chi connectivity index (χ2n) is 4.07. The number of hydrogen-bond donors (Lipinski definition) is 0. The number of aryl methyl sites for hydroxylation is 1. The summed E-state index contributed by atoms with van der Waals surface area (Å²) in [5, 5.41) is 0. The van der Waals surface area contributed by atoms with Crippen molar-refractivity contribution in [2.24, 2.45) is 0 Å². The number of likely N-dealkylation sites (N-methyl/N-ethyl adjacent to an activating group) is 1. The quantitative estimate of drug-likeness (QED) is 0.673. The molecule has 0 fully saturated rings. The van der Waals surface area contributed by atoms with E-state index in [1.807, 2.05) is 0 Å². The van der Waals surface area contributed by atoms with Crippen LogP contribution in [0.4, 0.5) is 0 Å². The molecular weight excluding hydrogens is 174 g/mol. The van der Waals surface area contributed by atoms with Crippen molar-refractivity contribution in [1.82, 2.24) is 4.90 Å². The number of ether oxygens (including phenoxy) is 1. The number of benzene rings is 1. The maximum absolute atomic E-state index is 5.27. The summed E-state index contributed by atoms with van der Waals surface area (Å²) in [6.07, 6.45) is 1.14. The molecule has 76 valence electrons. The van der Waals surface area contributed by atoms with Crippen LogP contribution in [-0.2, 0) is 13.0 Å². The van der Waals surface area contributed by atoms with Crippen LogP contribution in [0.3, 0.4) is 0 Å². The van der Waals surface area contributed by atoms with Gasteiger partial charge in [0.25, 0.3) is 0 Å². The molecule has 0 spiro atoms. The second-order valence-corrected chi connectivity index (χ2v) is 4.07. The van der Waals surface area contributed by atoms with E-state index in [2.05, 4.69) is 31.0 Å². The molecule has 0 amide bonds. The number of rotatable bonds is 1. The Hall–Kier alpha value is -1.02. The number of methoxy groups -OCH3 is 1. The van der Waals surface area contributed by atoms with Crippen LogP contribution in [0.25, 0.3) is 0 Å². The monoisotopic (exact) mass is 191 g/mol. The molecule has 0 radical (unpaired) electrons. The normalized spacial score (nSPS) is 16.5. The van der Waals surface area contributed by atoms with Crippen molar-refractivity contribution in [1.29, 1.82) is 0 Å². The highest BCUT2D eigenvalue weighted by Crippen LogP contribution is 2.26. The molecule has 0 unspecified atom stereocenters. The Kier molecular flexibility index (Phi) is 2.46. The van der Waals surface area contributed by atoms with Crippen LogP contribution < -0.4 is 4.74 Å². The molecule has 2 nitrogen and oxygen atoms in total. The van der Waals surface area contributed by atoms with Gasteiger partial charge >= 0.3 is 0 Å². The lowest BCUT2D eigenvalue weighted by atomic mass is 9.95. The highest BCUT2D eigenvalue weighted by atomic mass is 16.5. The Labute approximate surface area is 85.5 Å². The largest absolute Gasteiger partial charge is 0.497 e. The van der Waals surface area contributed by atoms with Crippen molar-refractivity contribution in [2.75, 3.05) is 20.7 Å². The zero-order valence-electron chi connectivity index (χ0n) is 9.13. The van der Waals surface area contributed by atoms with E-state index < -0.39 is 0 Å². The third-order valence-electron chi connectivity index (χ3n) is 2.97. The molecule has 2 heteroatoms. The van der Waals surface area contributed by atoms with Gasteiger partial charge < -0.3 is 9.64 Å². The summed E-state index contributed by atoms with van der Waals surface area (Å²) in [5.41, 5.74) is 4.30. The van der Waals surface area contributed by atoms with Crippen molar-refractivity contribution < 1.29 is 4.74 Å². The van der Waals surface area contributed by atoms with E-state index in [1.54, 1.807) is 7.11 Å². The number of hydrogen-bond acceptors (Lipinski definition) is 2. The van der Waals surface area contributed by atoms with Crippen molar-refractivity contribution in [2.45, 2.75) is 19.9 Å². The van der Waals surface area contributed by atoms with Crippen LogP contribution >= 0.6 is 0 Å². The SMILES string of the molecule is COc1cc(C)c2c(c1)CCN(C)C2. The van der Waals surface area contributed by atoms with Crippen LogP contribution in [0.2, 0.25) is 0 Å². The summed E-state index contributed by atoms with van der Waals surface area (Å²) in [7, 11) is 3.91. The van der Waals surface area contributed by atoms with Gasteiger partial charge in [-0.2, -0.15) is 0 Å². The third-order valence-corrected chi connectivity index (χ3v) is 2.97. The summed E-state index contributed by atoms with van der Waals surface area (Å²) >= 11 is 0. The van der Waals surface area contributed by atoms with E-state index in [1.165, 1.54) is 16.7 Å². The molecule has 0 aromatic heterocycles. The van der Waals surface area contributed by atoms with Crippen LogP contribution in [0.1, 0.15) is 16.7 Å². The molecule has 14 heavy (non-hydrogen) atoms. The van der Waals surface area contributed by atoms with E-state index in [9.17, 15) is 0 Å². The summed E-state index contributed by atoms with van der Waals surface area (Å²) < 4.78 is 5.27. The molecule has 1 heterocycles. The molecule has 0 saturated carbocycles. The van der Waals surface area contributed by atoms with Gasteiger partial charge in [0.2, 0.25) is 0 Å². The van der Waals surface area contributed by atoms with Crippen molar-refractivity contribution in [3.8, 4) is 5.75 Å². The Morgan fingerprint density at radius 2 is 2.14 bits per heavy atom.